The first-order chi connectivity index (χ1) is 9.29. The van der Waals surface area contributed by atoms with Crippen LogP contribution in [0, 0.1) is 11.8 Å². The number of anilines is 1. The van der Waals surface area contributed by atoms with E-state index in [0.29, 0.717) is 24.2 Å². The van der Waals surface area contributed by atoms with E-state index in [-0.39, 0.29) is 5.15 Å². The average Bonchev–Trinajstić information content (AvgIpc) is 2.29. The Hall–Kier alpha value is -1.93. The second kappa shape index (κ2) is 7.01. The van der Waals surface area contributed by atoms with Crippen LogP contribution < -0.4 is 11.1 Å². The number of nitrogens with zero attached hydrogens (tertiary/aromatic N) is 1. The maximum atomic E-state index is 11.4. The first-order valence-corrected chi connectivity index (χ1v) is 6.53. The van der Waals surface area contributed by atoms with E-state index in [1.807, 2.05) is 0 Å². The topological polar surface area (TPSA) is 77.2 Å². The molecule has 0 saturated heterocycles. The molecule has 0 unspecified atom stereocenters. The molecule has 1 amide bonds. The van der Waals surface area contributed by atoms with Gasteiger partial charge in [-0.3, -0.25) is 0 Å². The van der Waals surface area contributed by atoms with Crippen LogP contribution in [0.5, 0.6) is 0 Å². The zero-order valence-corrected chi connectivity index (χ0v) is 12.5. The Morgan fingerprint density at radius 3 is 2.85 bits per heavy atom. The number of rotatable bonds is 2. The number of pyridine rings is 1. The van der Waals surface area contributed by atoms with E-state index in [1.54, 1.807) is 26.8 Å². The van der Waals surface area contributed by atoms with Crippen molar-refractivity contribution < 1.29 is 9.53 Å². The molecule has 0 aromatic carbocycles. The highest BCUT2D eigenvalue weighted by atomic mass is 35.5. The third kappa shape index (κ3) is 5.81. The zero-order chi connectivity index (χ0) is 15.2. The molecule has 0 saturated carbocycles. The summed E-state index contributed by atoms with van der Waals surface area (Å²) in [6.45, 7) is 5.80. The largest absolute Gasteiger partial charge is 0.444 e. The smallest absolute Gasteiger partial charge is 0.407 e. The number of halogens is 1. The fourth-order valence-electron chi connectivity index (χ4n) is 1.27. The lowest BCUT2D eigenvalue weighted by atomic mass is 10.2. The molecule has 0 fully saturated rings. The van der Waals surface area contributed by atoms with Gasteiger partial charge in [-0.1, -0.05) is 23.4 Å². The molecule has 1 aromatic rings. The summed E-state index contributed by atoms with van der Waals surface area (Å²) in [4.78, 5) is 15.3. The van der Waals surface area contributed by atoms with Crippen LogP contribution in [0.15, 0.2) is 12.3 Å². The number of hydrogen-bond acceptors (Lipinski definition) is 4. The molecule has 1 aromatic heterocycles. The number of ether oxygens (including phenoxy) is 1. The Labute approximate surface area is 123 Å². The van der Waals surface area contributed by atoms with Crippen LogP contribution in [-0.4, -0.2) is 23.2 Å². The van der Waals surface area contributed by atoms with Crippen molar-refractivity contribution in [3.8, 4) is 11.8 Å². The van der Waals surface area contributed by atoms with E-state index >= 15 is 0 Å². The van der Waals surface area contributed by atoms with Gasteiger partial charge in [0.2, 0.25) is 0 Å². The van der Waals surface area contributed by atoms with Gasteiger partial charge in [0.1, 0.15) is 10.8 Å². The van der Waals surface area contributed by atoms with E-state index < -0.39 is 11.7 Å². The molecule has 0 aliphatic carbocycles. The minimum atomic E-state index is -0.507. The van der Waals surface area contributed by atoms with Gasteiger partial charge in [-0.25, -0.2) is 9.78 Å². The first kappa shape index (κ1) is 16.1. The minimum absolute atomic E-state index is 0.276. The van der Waals surface area contributed by atoms with Gasteiger partial charge in [0.25, 0.3) is 0 Å². The predicted octanol–water partition coefficient (Wildman–Crippen LogP) is 2.58. The SMILES string of the molecule is CC(C)(C)OC(=O)NCCC#Cc1c(N)ccnc1Cl. The Morgan fingerprint density at radius 2 is 2.25 bits per heavy atom. The van der Waals surface area contributed by atoms with Crippen molar-refractivity contribution in [2.75, 3.05) is 12.3 Å². The second-order valence-electron chi connectivity index (χ2n) is 5.05. The van der Waals surface area contributed by atoms with Crippen LogP contribution in [0.1, 0.15) is 32.8 Å². The summed E-state index contributed by atoms with van der Waals surface area (Å²) in [5.41, 5.74) is 6.22. The molecule has 0 aliphatic heterocycles. The molecule has 108 valence electrons. The Bertz CT molecular complexity index is 521. The molecular weight excluding hydrogens is 278 g/mol. The van der Waals surface area contributed by atoms with Crippen molar-refractivity contribution in [2.24, 2.45) is 0 Å². The van der Waals surface area contributed by atoms with Gasteiger partial charge in [-0.2, -0.15) is 0 Å². The standard InChI is InChI=1S/C14H18ClN3O2/c1-14(2,3)20-13(19)18-8-5-4-6-10-11(16)7-9-17-12(10)15/h7,9H,5,8H2,1-3H3,(H2,16,17)(H,18,19). The van der Waals surface area contributed by atoms with Gasteiger partial charge >= 0.3 is 6.09 Å². The number of carbonyl (C=O) groups is 1. The van der Waals surface area contributed by atoms with Crippen LogP contribution in [0.3, 0.4) is 0 Å². The van der Waals surface area contributed by atoms with Crippen molar-refractivity contribution in [3.05, 3.63) is 23.0 Å². The molecule has 0 radical (unpaired) electrons. The van der Waals surface area contributed by atoms with Crippen molar-refractivity contribution in [1.82, 2.24) is 10.3 Å². The fraction of sp³-hybridized carbons (Fsp3) is 0.429. The lowest BCUT2D eigenvalue weighted by molar-refractivity contribution is 0.0529. The highest BCUT2D eigenvalue weighted by molar-refractivity contribution is 6.30. The van der Waals surface area contributed by atoms with Gasteiger partial charge in [-0.15, -0.1) is 0 Å². The number of alkyl carbamates (subject to hydrolysis) is 1. The molecule has 3 N–H and O–H groups in total. The molecule has 0 bridgehead atoms. The molecular formula is C14H18ClN3O2. The van der Waals surface area contributed by atoms with E-state index in [2.05, 4.69) is 22.1 Å². The molecule has 0 atom stereocenters. The van der Waals surface area contributed by atoms with Crippen LogP contribution >= 0.6 is 11.6 Å². The second-order valence-corrected chi connectivity index (χ2v) is 5.40. The fourth-order valence-corrected chi connectivity index (χ4v) is 1.48. The van der Waals surface area contributed by atoms with Crippen molar-refractivity contribution in [2.45, 2.75) is 32.8 Å². The van der Waals surface area contributed by atoms with Crippen LogP contribution in [-0.2, 0) is 4.74 Å². The van der Waals surface area contributed by atoms with E-state index in [4.69, 9.17) is 22.1 Å². The van der Waals surface area contributed by atoms with Crippen molar-refractivity contribution >= 4 is 23.4 Å². The average molecular weight is 296 g/mol. The summed E-state index contributed by atoms with van der Waals surface area (Å²) in [7, 11) is 0. The molecule has 5 nitrogen and oxygen atoms in total. The molecule has 6 heteroatoms. The third-order valence-electron chi connectivity index (χ3n) is 2.07. The molecule has 1 heterocycles. The quantitative estimate of drug-likeness (QED) is 0.499. The van der Waals surface area contributed by atoms with Gasteiger partial charge in [0, 0.05) is 19.2 Å². The monoisotopic (exact) mass is 295 g/mol. The lowest BCUT2D eigenvalue weighted by Crippen LogP contribution is -2.32. The number of aromatic nitrogens is 1. The first-order valence-electron chi connectivity index (χ1n) is 6.15. The van der Waals surface area contributed by atoms with Crippen LogP contribution in [0.25, 0.3) is 0 Å². The molecule has 20 heavy (non-hydrogen) atoms. The van der Waals surface area contributed by atoms with E-state index in [1.165, 1.54) is 6.20 Å². The number of hydrogen-bond donors (Lipinski definition) is 2. The summed E-state index contributed by atoms with van der Waals surface area (Å²) in [6.07, 6.45) is 1.52. The van der Waals surface area contributed by atoms with Gasteiger partial charge in [-0.05, 0) is 26.8 Å². The van der Waals surface area contributed by atoms with Crippen molar-refractivity contribution in [3.63, 3.8) is 0 Å². The lowest BCUT2D eigenvalue weighted by Gasteiger charge is -2.19. The number of nitrogens with one attached hydrogen (secondary N) is 1. The zero-order valence-electron chi connectivity index (χ0n) is 11.8. The van der Waals surface area contributed by atoms with Crippen LogP contribution in [0.2, 0.25) is 5.15 Å². The molecule has 1 rings (SSSR count). The van der Waals surface area contributed by atoms with Gasteiger partial charge < -0.3 is 15.8 Å². The highest BCUT2D eigenvalue weighted by Crippen LogP contribution is 2.17. The number of carbonyl (C=O) groups excluding carboxylic acids is 1. The normalized spacial score (nSPS) is 10.4. The Balaban J connectivity index is 2.43. The van der Waals surface area contributed by atoms with Crippen LogP contribution in [0.4, 0.5) is 10.5 Å². The van der Waals surface area contributed by atoms with Gasteiger partial charge in [0.05, 0.1) is 11.3 Å². The highest BCUT2D eigenvalue weighted by Gasteiger charge is 2.15. The maximum absolute atomic E-state index is 11.4. The number of amides is 1. The van der Waals surface area contributed by atoms with E-state index in [9.17, 15) is 4.79 Å². The molecule has 0 aliphatic rings. The van der Waals surface area contributed by atoms with E-state index in [0.717, 1.165) is 0 Å². The maximum Gasteiger partial charge on any atom is 0.407 e. The summed E-state index contributed by atoms with van der Waals surface area (Å²) >= 11 is 5.88. The summed E-state index contributed by atoms with van der Waals surface area (Å²) in [5.74, 6) is 5.72. The summed E-state index contributed by atoms with van der Waals surface area (Å²) < 4.78 is 5.09. The molecule has 0 spiro atoms. The van der Waals surface area contributed by atoms with Gasteiger partial charge in [0.15, 0.2) is 0 Å². The number of nitrogens with two attached hydrogens (primary N) is 1. The van der Waals surface area contributed by atoms with Crippen molar-refractivity contribution in [1.29, 1.82) is 0 Å². The summed E-state index contributed by atoms with van der Waals surface area (Å²) in [5, 5.41) is 2.89. The summed E-state index contributed by atoms with van der Waals surface area (Å²) in [6, 6.07) is 1.63. The Kier molecular flexibility index (Phi) is 5.66. The number of nitrogen functional groups attached to an aromatic ring is 1. The Morgan fingerprint density at radius 1 is 1.55 bits per heavy atom. The third-order valence-corrected chi connectivity index (χ3v) is 2.36. The predicted molar refractivity (Wildman–Crippen MR) is 79.4 cm³/mol. The minimum Gasteiger partial charge on any atom is -0.444 e.